The predicted octanol–water partition coefficient (Wildman–Crippen LogP) is 4.49. The minimum Gasteiger partial charge on any atom is -0.339 e. The van der Waals surface area contributed by atoms with Gasteiger partial charge in [0.2, 0.25) is 5.91 Å². The van der Waals surface area contributed by atoms with Crippen LogP contribution < -0.4 is 5.32 Å². The van der Waals surface area contributed by atoms with Crippen molar-refractivity contribution in [1.82, 2.24) is 4.90 Å². The number of para-hydroxylation sites is 1. The van der Waals surface area contributed by atoms with Crippen molar-refractivity contribution in [3.63, 3.8) is 0 Å². The minimum atomic E-state index is -0.338. The van der Waals surface area contributed by atoms with Crippen molar-refractivity contribution >= 4 is 23.6 Å². The number of carbonyl (C=O) groups is 2. The van der Waals surface area contributed by atoms with Crippen molar-refractivity contribution in [2.75, 3.05) is 18.4 Å². The van der Waals surface area contributed by atoms with Gasteiger partial charge in [0.1, 0.15) is 5.82 Å². The molecular formula is C22H23FN2O2. The van der Waals surface area contributed by atoms with Gasteiger partial charge in [-0.2, -0.15) is 0 Å². The van der Waals surface area contributed by atoms with E-state index in [0.29, 0.717) is 11.3 Å². The van der Waals surface area contributed by atoms with Gasteiger partial charge in [-0.1, -0.05) is 37.1 Å². The average molecular weight is 366 g/mol. The van der Waals surface area contributed by atoms with Crippen molar-refractivity contribution in [1.29, 1.82) is 0 Å². The first kappa shape index (κ1) is 18.8. The fraction of sp³-hybridized carbons (Fsp3) is 0.273. The summed E-state index contributed by atoms with van der Waals surface area (Å²) in [4.78, 5) is 27.0. The molecule has 0 aliphatic carbocycles. The Labute approximate surface area is 158 Å². The van der Waals surface area contributed by atoms with Crippen LogP contribution >= 0.6 is 0 Å². The van der Waals surface area contributed by atoms with Gasteiger partial charge in [0.05, 0.1) is 11.3 Å². The summed E-state index contributed by atoms with van der Waals surface area (Å²) < 4.78 is 12.9. The molecule has 0 spiro atoms. The standard InChI is InChI=1S/C22H23FN2O2/c23-18-12-9-17(10-13-18)11-14-21(26)24-20-8-4-3-7-19(20)22(27)25-15-5-1-2-6-16-25/h3-4,7-14H,1-2,5-6,15-16H2,(H,24,26). The maximum Gasteiger partial charge on any atom is 0.255 e. The van der Waals surface area contributed by atoms with Gasteiger partial charge < -0.3 is 10.2 Å². The number of amides is 2. The van der Waals surface area contributed by atoms with Crippen LogP contribution in [0.1, 0.15) is 41.6 Å². The van der Waals surface area contributed by atoms with Crippen LogP contribution in [0.2, 0.25) is 0 Å². The molecular weight excluding hydrogens is 343 g/mol. The first-order valence-corrected chi connectivity index (χ1v) is 9.26. The summed E-state index contributed by atoms with van der Waals surface area (Å²) >= 11 is 0. The number of hydrogen-bond acceptors (Lipinski definition) is 2. The Morgan fingerprint density at radius 1 is 0.926 bits per heavy atom. The molecule has 4 nitrogen and oxygen atoms in total. The van der Waals surface area contributed by atoms with Crippen LogP contribution in [0.25, 0.3) is 6.08 Å². The van der Waals surface area contributed by atoms with E-state index in [1.54, 1.807) is 42.5 Å². The largest absolute Gasteiger partial charge is 0.339 e. The first-order chi connectivity index (χ1) is 13.1. The van der Waals surface area contributed by atoms with E-state index < -0.39 is 0 Å². The van der Waals surface area contributed by atoms with Crippen molar-refractivity contribution in [2.24, 2.45) is 0 Å². The zero-order chi connectivity index (χ0) is 19.1. The van der Waals surface area contributed by atoms with E-state index in [1.807, 2.05) is 4.90 Å². The second kappa shape index (κ2) is 9.12. The molecule has 27 heavy (non-hydrogen) atoms. The minimum absolute atomic E-state index is 0.0460. The number of hydrogen-bond donors (Lipinski definition) is 1. The Bertz CT molecular complexity index is 822. The van der Waals surface area contributed by atoms with E-state index in [4.69, 9.17) is 0 Å². The molecule has 3 rings (SSSR count). The summed E-state index contributed by atoms with van der Waals surface area (Å²) in [5.41, 5.74) is 1.73. The van der Waals surface area contributed by atoms with Gasteiger partial charge in [0.15, 0.2) is 0 Å². The van der Waals surface area contributed by atoms with Gasteiger partial charge in [-0.05, 0) is 48.7 Å². The number of nitrogens with zero attached hydrogens (tertiary/aromatic N) is 1. The molecule has 2 amide bonds. The van der Waals surface area contributed by atoms with Crippen LogP contribution in [0.15, 0.2) is 54.6 Å². The van der Waals surface area contributed by atoms with Gasteiger partial charge in [-0.25, -0.2) is 4.39 Å². The number of carbonyl (C=O) groups excluding carboxylic acids is 2. The van der Waals surface area contributed by atoms with Crippen molar-refractivity contribution in [2.45, 2.75) is 25.7 Å². The third kappa shape index (κ3) is 5.26. The Hall–Kier alpha value is -2.95. The van der Waals surface area contributed by atoms with E-state index in [2.05, 4.69) is 5.32 Å². The molecule has 1 saturated heterocycles. The lowest BCUT2D eigenvalue weighted by molar-refractivity contribution is -0.111. The fourth-order valence-corrected chi connectivity index (χ4v) is 3.14. The van der Waals surface area contributed by atoms with Crippen LogP contribution in [-0.2, 0) is 4.79 Å². The van der Waals surface area contributed by atoms with E-state index in [9.17, 15) is 14.0 Å². The molecule has 1 aliphatic rings. The Kier molecular flexibility index (Phi) is 6.36. The average Bonchev–Trinajstić information content (AvgIpc) is 2.97. The molecule has 0 saturated carbocycles. The number of likely N-dealkylation sites (tertiary alicyclic amines) is 1. The highest BCUT2D eigenvalue weighted by atomic mass is 19.1. The zero-order valence-corrected chi connectivity index (χ0v) is 15.2. The highest BCUT2D eigenvalue weighted by Crippen LogP contribution is 2.20. The maximum absolute atomic E-state index is 12.9. The molecule has 1 aliphatic heterocycles. The molecule has 1 heterocycles. The monoisotopic (exact) mass is 366 g/mol. The third-order valence-electron chi connectivity index (χ3n) is 4.61. The Morgan fingerprint density at radius 3 is 2.30 bits per heavy atom. The molecule has 0 radical (unpaired) electrons. The smallest absolute Gasteiger partial charge is 0.255 e. The summed E-state index contributed by atoms with van der Waals surface area (Å²) in [7, 11) is 0. The van der Waals surface area contributed by atoms with Gasteiger partial charge in [0.25, 0.3) is 5.91 Å². The van der Waals surface area contributed by atoms with Crippen molar-refractivity contribution in [3.05, 3.63) is 71.6 Å². The van der Waals surface area contributed by atoms with Crippen LogP contribution in [0.3, 0.4) is 0 Å². The molecule has 5 heteroatoms. The molecule has 0 atom stereocenters. The van der Waals surface area contributed by atoms with Gasteiger partial charge in [0, 0.05) is 19.2 Å². The number of benzene rings is 2. The van der Waals surface area contributed by atoms with E-state index >= 15 is 0 Å². The highest BCUT2D eigenvalue weighted by Gasteiger charge is 2.20. The SMILES string of the molecule is O=C(C=Cc1ccc(F)cc1)Nc1ccccc1C(=O)N1CCCCCC1. The summed E-state index contributed by atoms with van der Waals surface area (Å²) in [5.74, 6) is -0.705. The zero-order valence-electron chi connectivity index (χ0n) is 15.2. The van der Waals surface area contributed by atoms with Crippen LogP contribution in [-0.4, -0.2) is 29.8 Å². The fourth-order valence-electron chi connectivity index (χ4n) is 3.14. The summed E-state index contributed by atoms with van der Waals surface area (Å²) in [6.45, 7) is 1.51. The topological polar surface area (TPSA) is 49.4 Å². The summed E-state index contributed by atoms with van der Waals surface area (Å²) in [6, 6.07) is 12.9. The highest BCUT2D eigenvalue weighted by molar-refractivity contribution is 6.07. The first-order valence-electron chi connectivity index (χ1n) is 9.26. The summed E-state index contributed by atoms with van der Waals surface area (Å²) in [6.07, 6.45) is 7.31. The lowest BCUT2D eigenvalue weighted by Crippen LogP contribution is -2.32. The van der Waals surface area contributed by atoms with Crippen LogP contribution in [0.4, 0.5) is 10.1 Å². The maximum atomic E-state index is 12.9. The Balaban J connectivity index is 1.70. The second-order valence-electron chi connectivity index (χ2n) is 6.63. The third-order valence-corrected chi connectivity index (χ3v) is 4.61. The summed E-state index contributed by atoms with van der Waals surface area (Å²) in [5, 5.41) is 2.78. The van der Waals surface area contributed by atoms with Gasteiger partial charge in [-0.15, -0.1) is 0 Å². The lowest BCUT2D eigenvalue weighted by Gasteiger charge is -2.21. The normalized spacial score (nSPS) is 14.8. The molecule has 0 unspecified atom stereocenters. The molecule has 0 bridgehead atoms. The lowest BCUT2D eigenvalue weighted by atomic mass is 10.1. The van der Waals surface area contributed by atoms with Crippen LogP contribution in [0.5, 0.6) is 0 Å². The Morgan fingerprint density at radius 2 is 1.59 bits per heavy atom. The molecule has 1 N–H and O–H groups in total. The molecule has 140 valence electrons. The number of nitrogens with one attached hydrogen (secondary N) is 1. The number of anilines is 1. The van der Waals surface area contributed by atoms with Crippen molar-refractivity contribution < 1.29 is 14.0 Å². The predicted molar refractivity (Wildman–Crippen MR) is 105 cm³/mol. The molecule has 2 aromatic rings. The number of rotatable bonds is 4. The number of halogens is 1. The molecule has 1 fully saturated rings. The molecule has 0 aromatic heterocycles. The van der Waals surface area contributed by atoms with E-state index in [0.717, 1.165) is 44.3 Å². The second-order valence-corrected chi connectivity index (χ2v) is 6.63. The van der Waals surface area contributed by atoms with E-state index in [1.165, 1.54) is 18.2 Å². The van der Waals surface area contributed by atoms with Gasteiger partial charge >= 0.3 is 0 Å². The molecule has 2 aromatic carbocycles. The van der Waals surface area contributed by atoms with Crippen LogP contribution in [0, 0.1) is 5.82 Å². The quantitative estimate of drug-likeness (QED) is 0.811. The van der Waals surface area contributed by atoms with E-state index in [-0.39, 0.29) is 17.6 Å². The van der Waals surface area contributed by atoms with Crippen molar-refractivity contribution in [3.8, 4) is 0 Å². The van der Waals surface area contributed by atoms with Gasteiger partial charge in [-0.3, -0.25) is 9.59 Å².